The lowest BCUT2D eigenvalue weighted by Crippen LogP contribution is -2.48. The number of benzene rings is 1. The molecule has 4 heterocycles. The van der Waals surface area contributed by atoms with Crippen molar-refractivity contribution in [3.8, 4) is 0 Å². The van der Waals surface area contributed by atoms with Crippen LogP contribution < -0.4 is 15.9 Å². The summed E-state index contributed by atoms with van der Waals surface area (Å²) in [6.07, 6.45) is 5.37. The molecule has 2 N–H and O–H groups in total. The smallest absolute Gasteiger partial charge is 0.351 e. The molecule has 2 aliphatic heterocycles. The normalized spacial score (nSPS) is 25.9. The first kappa shape index (κ1) is 21.2. The maximum Gasteiger partial charge on any atom is 0.351 e. The van der Waals surface area contributed by atoms with E-state index in [0.29, 0.717) is 29.9 Å². The topological polar surface area (TPSA) is 122 Å². The molecular weight excluding hydrogens is 424 g/mol. The predicted molar refractivity (Wildman–Crippen MR) is 120 cm³/mol. The number of nitrogens with one attached hydrogen (secondary N) is 1. The van der Waals surface area contributed by atoms with E-state index in [0.717, 1.165) is 0 Å². The van der Waals surface area contributed by atoms with Gasteiger partial charge in [-0.1, -0.05) is 25.1 Å². The zero-order valence-electron chi connectivity index (χ0n) is 18.3. The molecule has 0 radical (unpaired) electrons. The van der Waals surface area contributed by atoms with Gasteiger partial charge in [-0.25, -0.2) is 9.78 Å². The molecule has 2 aliphatic rings. The fourth-order valence-corrected chi connectivity index (χ4v) is 4.64. The first-order chi connectivity index (χ1) is 15.9. The van der Waals surface area contributed by atoms with E-state index in [2.05, 4.69) is 20.3 Å². The van der Waals surface area contributed by atoms with Crippen LogP contribution in [0, 0.1) is 6.92 Å². The number of aromatic nitrogens is 4. The standard InChI is InChI=1S/C23H24N6O4/c1-3-23-13-29(16-11-24-9-10-25-16)17(18(23)30)21(33-23)28-12-14(2)19(27-22(28)32)26-20(31)15-7-5-4-6-8-15/h4-12,17-18,21,30H,3,13H2,1-2H3,(H,26,27,31,32)/t17-,18+,21-,23+/m1/s1. The van der Waals surface area contributed by atoms with Crippen LogP contribution in [0.2, 0.25) is 0 Å². The van der Waals surface area contributed by atoms with E-state index in [1.54, 1.807) is 56.0 Å². The highest BCUT2D eigenvalue weighted by molar-refractivity contribution is 6.03. The quantitative estimate of drug-likeness (QED) is 0.602. The number of aliphatic hydroxyl groups excluding tert-OH is 1. The highest BCUT2D eigenvalue weighted by Crippen LogP contribution is 2.49. The summed E-state index contributed by atoms with van der Waals surface area (Å²) >= 11 is 0. The molecule has 2 aromatic heterocycles. The van der Waals surface area contributed by atoms with Crippen LogP contribution in [0.5, 0.6) is 0 Å². The van der Waals surface area contributed by atoms with Gasteiger partial charge in [0, 0.05) is 29.7 Å². The Morgan fingerprint density at radius 2 is 2.09 bits per heavy atom. The maximum absolute atomic E-state index is 13.0. The van der Waals surface area contributed by atoms with Crippen molar-refractivity contribution in [1.82, 2.24) is 19.5 Å². The molecule has 4 atom stereocenters. The molecule has 10 heteroatoms. The minimum atomic E-state index is -0.833. The average molecular weight is 448 g/mol. The zero-order valence-corrected chi connectivity index (χ0v) is 18.3. The summed E-state index contributed by atoms with van der Waals surface area (Å²) in [5, 5.41) is 13.8. The van der Waals surface area contributed by atoms with Crippen molar-refractivity contribution in [2.24, 2.45) is 0 Å². The minimum absolute atomic E-state index is 0.185. The van der Waals surface area contributed by atoms with E-state index in [9.17, 15) is 14.7 Å². The van der Waals surface area contributed by atoms with Crippen molar-refractivity contribution >= 4 is 17.5 Å². The van der Waals surface area contributed by atoms with Crippen LogP contribution in [0.25, 0.3) is 0 Å². The van der Waals surface area contributed by atoms with Gasteiger partial charge in [-0.05, 0) is 25.5 Å². The largest absolute Gasteiger partial charge is 0.388 e. The first-order valence-electron chi connectivity index (χ1n) is 10.8. The number of ether oxygens (including phenoxy) is 1. The number of nitrogens with zero attached hydrogens (tertiary/aromatic N) is 5. The zero-order chi connectivity index (χ0) is 23.2. The molecular formula is C23H24N6O4. The van der Waals surface area contributed by atoms with Crippen molar-refractivity contribution in [1.29, 1.82) is 0 Å². The average Bonchev–Trinajstić information content (AvgIpc) is 3.29. The van der Waals surface area contributed by atoms with E-state index in [-0.39, 0.29) is 11.7 Å². The summed E-state index contributed by atoms with van der Waals surface area (Å²) in [7, 11) is 0. The number of rotatable bonds is 5. The summed E-state index contributed by atoms with van der Waals surface area (Å²) in [4.78, 5) is 40.1. The highest BCUT2D eigenvalue weighted by Gasteiger charge is 2.63. The highest BCUT2D eigenvalue weighted by atomic mass is 16.6. The number of carbonyl (C=O) groups excluding carboxylic acids is 1. The fraction of sp³-hybridized carbons (Fsp3) is 0.348. The lowest BCUT2D eigenvalue weighted by atomic mass is 9.96. The Kier molecular flexibility index (Phi) is 5.18. The van der Waals surface area contributed by atoms with E-state index >= 15 is 0 Å². The third-order valence-corrected chi connectivity index (χ3v) is 6.43. The first-order valence-corrected chi connectivity index (χ1v) is 10.8. The van der Waals surface area contributed by atoms with Gasteiger partial charge in [0.2, 0.25) is 0 Å². The van der Waals surface area contributed by atoms with Gasteiger partial charge in [0.05, 0.1) is 12.7 Å². The Bertz CT molecular complexity index is 1230. The predicted octanol–water partition coefficient (Wildman–Crippen LogP) is 1.52. The minimum Gasteiger partial charge on any atom is -0.388 e. The monoisotopic (exact) mass is 448 g/mol. The van der Waals surface area contributed by atoms with Crippen molar-refractivity contribution < 1.29 is 14.6 Å². The van der Waals surface area contributed by atoms with Crippen molar-refractivity contribution in [3.63, 3.8) is 0 Å². The second kappa shape index (κ2) is 8.05. The van der Waals surface area contributed by atoms with Gasteiger partial charge in [-0.3, -0.25) is 14.3 Å². The molecule has 0 spiro atoms. The van der Waals surface area contributed by atoms with Gasteiger partial charge in [-0.2, -0.15) is 4.98 Å². The summed E-state index contributed by atoms with van der Waals surface area (Å²) < 4.78 is 7.65. The number of hydrogen-bond donors (Lipinski definition) is 2. The van der Waals surface area contributed by atoms with Crippen LogP contribution >= 0.6 is 0 Å². The number of morpholine rings is 1. The SMILES string of the molecule is CC[C@@]12CN(c3cnccn3)[C@@H]([C@H](n3cc(C)c(NC(=O)c4ccccc4)nc3=O)O1)[C@@H]2O. The van der Waals surface area contributed by atoms with Crippen LogP contribution in [0.15, 0.2) is 59.9 Å². The maximum atomic E-state index is 13.0. The molecule has 1 amide bonds. The Balaban J connectivity index is 1.47. The molecule has 2 fully saturated rings. The van der Waals surface area contributed by atoms with Crippen molar-refractivity contribution in [2.45, 2.75) is 44.2 Å². The van der Waals surface area contributed by atoms with Crippen LogP contribution in [-0.4, -0.2) is 54.8 Å². The molecule has 2 saturated heterocycles. The number of fused-ring (bicyclic) bond motifs is 2. The van der Waals surface area contributed by atoms with Crippen molar-refractivity contribution in [3.05, 3.63) is 76.7 Å². The molecule has 2 bridgehead atoms. The molecule has 5 rings (SSSR count). The Hall–Kier alpha value is -3.63. The van der Waals surface area contributed by atoms with Crippen LogP contribution in [0.4, 0.5) is 11.6 Å². The second-order valence-electron chi connectivity index (χ2n) is 8.34. The fourth-order valence-electron chi connectivity index (χ4n) is 4.64. The number of amides is 1. The van der Waals surface area contributed by atoms with Gasteiger partial charge < -0.3 is 20.1 Å². The number of aliphatic hydroxyl groups is 1. The molecule has 0 aliphatic carbocycles. The van der Waals surface area contributed by atoms with E-state index in [4.69, 9.17) is 4.74 Å². The van der Waals surface area contributed by atoms with Crippen molar-refractivity contribution in [2.75, 3.05) is 16.8 Å². The number of hydrogen-bond acceptors (Lipinski definition) is 8. The number of aryl methyl sites for hydroxylation is 1. The molecule has 0 unspecified atom stereocenters. The Morgan fingerprint density at radius 3 is 2.76 bits per heavy atom. The second-order valence-corrected chi connectivity index (χ2v) is 8.34. The van der Waals surface area contributed by atoms with E-state index in [1.807, 2.05) is 17.9 Å². The molecule has 170 valence electrons. The van der Waals surface area contributed by atoms with Gasteiger partial charge in [0.25, 0.3) is 5.91 Å². The van der Waals surface area contributed by atoms with Gasteiger partial charge in [-0.15, -0.1) is 0 Å². The lowest BCUT2D eigenvalue weighted by Gasteiger charge is -2.37. The third kappa shape index (κ3) is 3.47. The Labute approximate surface area is 189 Å². The Morgan fingerprint density at radius 1 is 1.30 bits per heavy atom. The van der Waals surface area contributed by atoms with Crippen LogP contribution in [0.3, 0.4) is 0 Å². The van der Waals surface area contributed by atoms with Crippen LogP contribution in [-0.2, 0) is 4.74 Å². The summed E-state index contributed by atoms with van der Waals surface area (Å²) in [6, 6.07) is 8.17. The molecule has 10 nitrogen and oxygen atoms in total. The van der Waals surface area contributed by atoms with E-state index < -0.39 is 29.7 Å². The van der Waals surface area contributed by atoms with Gasteiger partial charge in [0.1, 0.15) is 29.4 Å². The molecule has 1 aromatic carbocycles. The van der Waals surface area contributed by atoms with Gasteiger partial charge in [0.15, 0.2) is 6.23 Å². The molecule has 0 saturated carbocycles. The van der Waals surface area contributed by atoms with E-state index in [1.165, 1.54) is 4.57 Å². The number of carbonyl (C=O) groups is 1. The lowest BCUT2D eigenvalue weighted by molar-refractivity contribution is -0.106. The molecule has 33 heavy (non-hydrogen) atoms. The van der Waals surface area contributed by atoms with Crippen LogP contribution in [0.1, 0.15) is 35.5 Å². The van der Waals surface area contributed by atoms with Gasteiger partial charge >= 0.3 is 5.69 Å². The number of anilines is 2. The summed E-state index contributed by atoms with van der Waals surface area (Å²) in [5.74, 6) is 0.438. The summed E-state index contributed by atoms with van der Waals surface area (Å²) in [6.45, 7) is 4.14. The summed E-state index contributed by atoms with van der Waals surface area (Å²) in [5.41, 5.74) is -0.359. The third-order valence-electron chi connectivity index (χ3n) is 6.43. The molecule has 3 aromatic rings.